The van der Waals surface area contributed by atoms with Gasteiger partial charge in [-0.1, -0.05) is 5.16 Å². The van der Waals surface area contributed by atoms with Crippen LogP contribution in [0.25, 0.3) is 11.5 Å². The van der Waals surface area contributed by atoms with Crippen molar-refractivity contribution >= 4 is 9.84 Å². The number of sulfone groups is 1. The molecule has 0 saturated carbocycles. The van der Waals surface area contributed by atoms with Crippen LogP contribution >= 0.6 is 0 Å². The molecule has 6 nitrogen and oxygen atoms in total. The molecule has 0 saturated heterocycles. The summed E-state index contributed by atoms with van der Waals surface area (Å²) in [5.41, 5.74) is 6.28. The summed E-state index contributed by atoms with van der Waals surface area (Å²) in [5, 5.41) is 3.73. The minimum atomic E-state index is -3.20. The molecule has 0 spiro atoms. The van der Waals surface area contributed by atoms with Crippen LogP contribution in [0.15, 0.2) is 33.7 Å². The van der Waals surface area contributed by atoms with Crippen LogP contribution in [0.3, 0.4) is 0 Å². The number of hydrogen-bond donors (Lipinski definition) is 1. The Morgan fingerprint density at radius 1 is 1.28 bits per heavy atom. The van der Waals surface area contributed by atoms with Crippen molar-refractivity contribution in [2.24, 2.45) is 5.73 Å². The Morgan fingerprint density at radius 3 is 2.33 bits per heavy atom. The maximum atomic E-state index is 11.3. The molecule has 1 atom stereocenters. The molecule has 0 radical (unpaired) electrons. The first-order valence-corrected chi connectivity index (χ1v) is 7.17. The SMILES string of the molecule is CC(N)c1noc(-c2ccc(S(C)(=O)=O)cc2)n1. The molecular formula is C11H13N3O3S. The van der Waals surface area contributed by atoms with Crippen LogP contribution in [0.4, 0.5) is 0 Å². The van der Waals surface area contributed by atoms with Gasteiger partial charge in [0, 0.05) is 11.8 Å². The first-order valence-electron chi connectivity index (χ1n) is 5.27. The van der Waals surface area contributed by atoms with E-state index in [0.29, 0.717) is 17.3 Å². The minimum absolute atomic E-state index is 0.248. The van der Waals surface area contributed by atoms with Gasteiger partial charge in [0.2, 0.25) is 0 Å². The van der Waals surface area contributed by atoms with E-state index in [2.05, 4.69) is 10.1 Å². The third kappa shape index (κ3) is 2.57. The van der Waals surface area contributed by atoms with Gasteiger partial charge in [0.05, 0.1) is 10.9 Å². The van der Waals surface area contributed by atoms with Gasteiger partial charge in [-0.05, 0) is 31.2 Å². The zero-order valence-corrected chi connectivity index (χ0v) is 10.8. The van der Waals surface area contributed by atoms with Crippen LogP contribution < -0.4 is 5.73 Å². The van der Waals surface area contributed by atoms with E-state index >= 15 is 0 Å². The predicted molar refractivity (Wildman–Crippen MR) is 65.4 cm³/mol. The van der Waals surface area contributed by atoms with Crippen molar-refractivity contribution in [1.29, 1.82) is 0 Å². The maximum Gasteiger partial charge on any atom is 0.257 e. The van der Waals surface area contributed by atoms with Crippen molar-refractivity contribution in [1.82, 2.24) is 10.1 Å². The fourth-order valence-corrected chi connectivity index (χ4v) is 2.01. The summed E-state index contributed by atoms with van der Waals surface area (Å²) in [6, 6.07) is 5.93. The molecule has 1 aromatic heterocycles. The smallest absolute Gasteiger partial charge is 0.257 e. The number of aromatic nitrogens is 2. The lowest BCUT2D eigenvalue weighted by Gasteiger charge is -1.98. The Morgan fingerprint density at radius 2 is 1.89 bits per heavy atom. The fraction of sp³-hybridized carbons (Fsp3) is 0.273. The Kier molecular flexibility index (Phi) is 3.18. The monoisotopic (exact) mass is 267 g/mol. The molecule has 1 aromatic carbocycles. The van der Waals surface area contributed by atoms with Crippen LogP contribution in [0.1, 0.15) is 18.8 Å². The Balaban J connectivity index is 2.34. The van der Waals surface area contributed by atoms with Crippen molar-refractivity contribution in [2.45, 2.75) is 17.9 Å². The molecule has 1 heterocycles. The molecule has 1 unspecified atom stereocenters. The second-order valence-corrected chi connectivity index (χ2v) is 6.06. The van der Waals surface area contributed by atoms with Gasteiger partial charge >= 0.3 is 0 Å². The average molecular weight is 267 g/mol. The van der Waals surface area contributed by atoms with Crippen LogP contribution in [-0.4, -0.2) is 24.8 Å². The summed E-state index contributed by atoms with van der Waals surface area (Å²) in [6.45, 7) is 1.75. The molecule has 2 aromatic rings. The molecule has 0 bridgehead atoms. The van der Waals surface area contributed by atoms with Crippen molar-refractivity contribution < 1.29 is 12.9 Å². The van der Waals surface area contributed by atoms with E-state index in [1.807, 2.05) is 0 Å². The Bertz CT molecular complexity index is 644. The third-order valence-electron chi connectivity index (χ3n) is 2.38. The second-order valence-electron chi connectivity index (χ2n) is 4.04. The first kappa shape index (κ1) is 12.7. The number of nitrogens with two attached hydrogens (primary N) is 1. The Hall–Kier alpha value is -1.73. The molecule has 0 aliphatic rings. The highest BCUT2D eigenvalue weighted by Crippen LogP contribution is 2.20. The molecule has 0 fully saturated rings. The largest absolute Gasteiger partial charge is 0.334 e. The lowest BCUT2D eigenvalue weighted by molar-refractivity contribution is 0.418. The van der Waals surface area contributed by atoms with E-state index in [1.165, 1.54) is 12.1 Å². The highest BCUT2D eigenvalue weighted by Gasteiger charge is 2.13. The highest BCUT2D eigenvalue weighted by molar-refractivity contribution is 7.90. The second kappa shape index (κ2) is 4.51. The standard InChI is InChI=1S/C11H13N3O3S/c1-7(12)10-13-11(17-14-10)8-3-5-9(6-4-8)18(2,15)16/h3-7H,12H2,1-2H3. The third-order valence-corrected chi connectivity index (χ3v) is 3.51. The summed E-state index contributed by atoms with van der Waals surface area (Å²) in [7, 11) is -3.20. The van der Waals surface area contributed by atoms with Crippen molar-refractivity contribution in [3.63, 3.8) is 0 Å². The van der Waals surface area contributed by atoms with Crippen molar-refractivity contribution in [3.05, 3.63) is 30.1 Å². The molecule has 0 aliphatic carbocycles. The van der Waals surface area contributed by atoms with Crippen molar-refractivity contribution in [2.75, 3.05) is 6.26 Å². The molecule has 18 heavy (non-hydrogen) atoms. The van der Waals surface area contributed by atoms with Crippen molar-refractivity contribution in [3.8, 4) is 11.5 Å². The summed E-state index contributed by atoms with van der Waals surface area (Å²) < 4.78 is 27.7. The number of rotatable bonds is 3. The van der Waals surface area contributed by atoms with Gasteiger partial charge in [0.15, 0.2) is 15.7 Å². The van der Waals surface area contributed by atoms with E-state index in [9.17, 15) is 8.42 Å². The highest BCUT2D eigenvalue weighted by atomic mass is 32.2. The van der Waals surface area contributed by atoms with Gasteiger partial charge in [0.25, 0.3) is 5.89 Å². The molecule has 2 rings (SSSR count). The maximum absolute atomic E-state index is 11.3. The molecule has 96 valence electrons. The lowest BCUT2D eigenvalue weighted by atomic mass is 10.2. The fourth-order valence-electron chi connectivity index (χ4n) is 1.38. The van der Waals surface area contributed by atoms with E-state index in [-0.39, 0.29) is 10.9 Å². The van der Waals surface area contributed by atoms with Gasteiger partial charge in [-0.2, -0.15) is 4.98 Å². The van der Waals surface area contributed by atoms with Crippen LogP contribution in [0.2, 0.25) is 0 Å². The molecule has 0 amide bonds. The van der Waals surface area contributed by atoms with Gasteiger partial charge in [-0.25, -0.2) is 8.42 Å². The van der Waals surface area contributed by atoms with Gasteiger partial charge in [-0.15, -0.1) is 0 Å². The number of benzene rings is 1. The van der Waals surface area contributed by atoms with Crippen LogP contribution in [0, 0.1) is 0 Å². The first-order chi connectivity index (χ1) is 8.38. The normalized spacial score (nSPS) is 13.5. The van der Waals surface area contributed by atoms with E-state index < -0.39 is 9.84 Å². The summed E-state index contributed by atoms with van der Waals surface area (Å²) in [4.78, 5) is 4.37. The van der Waals surface area contributed by atoms with Crippen LogP contribution in [-0.2, 0) is 9.84 Å². The minimum Gasteiger partial charge on any atom is -0.334 e. The van der Waals surface area contributed by atoms with E-state index in [1.54, 1.807) is 19.1 Å². The molecular weight excluding hydrogens is 254 g/mol. The zero-order valence-electron chi connectivity index (χ0n) is 9.99. The zero-order chi connectivity index (χ0) is 13.3. The van der Waals surface area contributed by atoms with Gasteiger partial charge in [0.1, 0.15) is 0 Å². The van der Waals surface area contributed by atoms with E-state index in [0.717, 1.165) is 6.26 Å². The molecule has 2 N–H and O–H groups in total. The quantitative estimate of drug-likeness (QED) is 0.895. The average Bonchev–Trinajstić information content (AvgIpc) is 2.77. The Labute approximate surface area is 105 Å². The topological polar surface area (TPSA) is 99.1 Å². The molecule has 7 heteroatoms. The lowest BCUT2D eigenvalue weighted by Crippen LogP contribution is -2.06. The summed E-state index contributed by atoms with van der Waals surface area (Å²) >= 11 is 0. The predicted octanol–water partition coefficient (Wildman–Crippen LogP) is 1.16. The van der Waals surface area contributed by atoms with Gasteiger partial charge < -0.3 is 10.3 Å². The molecule has 0 aliphatic heterocycles. The van der Waals surface area contributed by atoms with Gasteiger partial charge in [-0.3, -0.25) is 0 Å². The number of nitrogens with zero attached hydrogens (tertiary/aromatic N) is 2. The summed E-state index contributed by atoms with van der Waals surface area (Å²) in [5.74, 6) is 0.736. The van der Waals surface area contributed by atoms with Crippen LogP contribution in [0.5, 0.6) is 0 Å². The summed E-state index contributed by atoms with van der Waals surface area (Å²) in [6.07, 6.45) is 1.16. The number of hydrogen-bond acceptors (Lipinski definition) is 6. The van der Waals surface area contributed by atoms with E-state index in [4.69, 9.17) is 10.3 Å².